The average molecular weight is 412 g/mol. The molecule has 0 aromatic carbocycles. The van der Waals surface area contributed by atoms with Crippen molar-refractivity contribution in [2.45, 2.75) is 0 Å². The minimum absolute atomic E-state index is 0. The van der Waals surface area contributed by atoms with E-state index in [0.717, 1.165) is 0 Å². The summed E-state index contributed by atoms with van der Waals surface area (Å²) in [5, 5.41) is 0. The van der Waals surface area contributed by atoms with Gasteiger partial charge in [-0.3, -0.25) is 0 Å². The molecular formula is Al2Co2Mo2O3. The van der Waals surface area contributed by atoms with Crippen LogP contribution in [0, 0.1) is 0 Å². The van der Waals surface area contributed by atoms with Gasteiger partial charge in [0.2, 0.25) is 0 Å². The van der Waals surface area contributed by atoms with Crippen LogP contribution in [0.15, 0.2) is 0 Å². The van der Waals surface area contributed by atoms with Crippen molar-refractivity contribution in [2.75, 3.05) is 0 Å². The Morgan fingerprint density at radius 1 is 0.444 bits per heavy atom. The van der Waals surface area contributed by atoms with Crippen LogP contribution in [0.2, 0.25) is 0 Å². The van der Waals surface area contributed by atoms with E-state index in [0.29, 0.717) is 0 Å². The second kappa shape index (κ2) is 109. The SMILES string of the molecule is [Al+3].[Al+3].[Co].[Co].[Mo].[Mo].[O-2].[O-2].[O-2]. The van der Waals surface area contributed by atoms with Crippen LogP contribution in [-0.2, 0) is 92.1 Å². The van der Waals surface area contributed by atoms with Crippen LogP contribution < -0.4 is 0 Å². The Hall–Kier alpha value is 3.33. The topological polar surface area (TPSA) is 85.5 Å². The Labute approximate surface area is 125 Å². The summed E-state index contributed by atoms with van der Waals surface area (Å²) in [4.78, 5) is 0. The van der Waals surface area contributed by atoms with Gasteiger partial charge in [0.15, 0.2) is 0 Å². The first-order valence-electron chi connectivity index (χ1n) is 0. The Bertz CT molecular complexity index is 17.8. The third kappa shape index (κ3) is 88.8. The van der Waals surface area contributed by atoms with E-state index in [9.17, 15) is 0 Å². The first-order valence-corrected chi connectivity index (χ1v) is 0. The van der Waals surface area contributed by atoms with Gasteiger partial charge >= 0.3 is 34.7 Å². The molecule has 0 bridgehead atoms. The van der Waals surface area contributed by atoms with E-state index in [-0.39, 0.29) is 127 Å². The average Bonchev–Trinajstić information content (AvgIpc) is 0. The molecule has 0 heterocycles. The zero-order valence-corrected chi connectivity index (χ0v) is 12.3. The van der Waals surface area contributed by atoms with Crippen LogP contribution in [0.5, 0.6) is 0 Å². The van der Waals surface area contributed by atoms with Crippen molar-refractivity contribution in [3.8, 4) is 0 Å². The molecule has 0 aliphatic carbocycles. The fourth-order valence-corrected chi connectivity index (χ4v) is 0. The Balaban J connectivity index is 0. The summed E-state index contributed by atoms with van der Waals surface area (Å²) in [7, 11) is 0. The summed E-state index contributed by atoms with van der Waals surface area (Å²) in [6, 6.07) is 0. The van der Waals surface area contributed by atoms with Crippen LogP contribution in [0.4, 0.5) is 0 Å². The van der Waals surface area contributed by atoms with Gasteiger partial charge in [-0.2, -0.15) is 0 Å². The van der Waals surface area contributed by atoms with E-state index in [1.54, 1.807) is 0 Å². The molecule has 0 spiro atoms. The molecule has 54 valence electrons. The van der Waals surface area contributed by atoms with Gasteiger partial charge in [-0.1, -0.05) is 0 Å². The van der Waals surface area contributed by atoms with Crippen LogP contribution in [0.1, 0.15) is 0 Å². The van der Waals surface area contributed by atoms with Crippen molar-refractivity contribution >= 4 is 34.7 Å². The summed E-state index contributed by atoms with van der Waals surface area (Å²) in [6.45, 7) is 0. The molecule has 9 heteroatoms. The van der Waals surface area contributed by atoms with E-state index in [2.05, 4.69) is 0 Å². The van der Waals surface area contributed by atoms with Crippen molar-refractivity contribution in [3.63, 3.8) is 0 Å². The summed E-state index contributed by atoms with van der Waals surface area (Å²) < 4.78 is 0. The zero-order chi connectivity index (χ0) is 0. The van der Waals surface area contributed by atoms with Gasteiger partial charge in [0.1, 0.15) is 0 Å². The van der Waals surface area contributed by atoms with Crippen molar-refractivity contribution in [1.82, 2.24) is 0 Å². The van der Waals surface area contributed by atoms with Crippen molar-refractivity contribution < 1.29 is 92.1 Å². The van der Waals surface area contributed by atoms with Gasteiger partial charge in [-0.05, 0) is 0 Å². The summed E-state index contributed by atoms with van der Waals surface area (Å²) in [5.41, 5.74) is 0. The van der Waals surface area contributed by atoms with Gasteiger partial charge in [-0.15, -0.1) is 0 Å². The fraction of sp³-hybridized carbons (Fsp3) is 0. The summed E-state index contributed by atoms with van der Waals surface area (Å²) in [6.07, 6.45) is 0. The summed E-state index contributed by atoms with van der Waals surface area (Å²) in [5.74, 6) is 0. The predicted octanol–water partition coefficient (Wildman–Crippen LogP) is -1.13. The standard InChI is InChI=1S/2Al.2Co.2Mo.3O/q2*+3;;;;;3*-2. The number of rotatable bonds is 0. The van der Waals surface area contributed by atoms with Gasteiger partial charge in [0.05, 0.1) is 0 Å². The van der Waals surface area contributed by atoms with E-state index >= 15 is 0 Å². The molecule has 0 aromatic heterocycles. The maximum absolute atomic E-state index is 0. The van der Waals surface area contributed by atoms with Crippen LogP contribution in [0.3, 0.4) is 0 Å². The molecule has 2 radical (unpaired) electrons. The predicted molar refractivity (Wildman–Crippen MR) is 13.6 cm³/mol. The molecule has 0 aliphatic rings. The largest absolute Gasteiger partial charge is 3.00 e. The van der Waals surface area contributed by atoms with Crippen LogP contribution in [0.25, 0.3) is 0 Å². The minimum Gasteiger partial charge on any atom is -2.00 e. The monoisotopic (exact) mass is 416 g/mol. The molecular weight excluding hydrogens is 412 g/mol. The van der Waals surface area contributed by atoms with Gasteiger partial charge in [0, 0.05) is 75.7 Å². The molecule has 0 amide bonds. The minimum atomic E-state index is 0. The molecule has 0 N–H and O–H groups in total. The number of hydrogen-bond acceptors (Lipinski definition) is 0. The first-order chi connectivity index (χ1) is 0. The molecule has 0 aromatic rings. The van der Waals surface area contributed by atoms with Gasteiger partial charge in [-0.25, -0.2) is 0 Å². The molecule has 0 unspecified atom stereocenters. The fourth-order valence-electron chi connectivity index (χ4n) is 0. The Morgan fingerprint density at radius 2 is 0.444 bits per heavy atom. The molecule has 0 saturated heterocycles. The quantitative estimate of drug-likeness (QED) is 0.452. The molecule has 3 nitrogen and oxygen atoms in total. The molecule has 0 fully saturated rings. The van der Waals surface area contributed by atoms with E-state index in [4.69, 9.17) is 0 Å². The molecule has 0 rings (SSSR count). The van der Waals surface area contributed by atoms with Gasteiger partial charge < -0.3 is 16.4 Å². The van der Waals surface area contributed by atoms with E-state index in [1.165, 1.54) is 0 Å². The Morgan fingerprint density at radius 3 is 0.444 bits per heavy atom. The van der Waals surface area contributed by atoms with Crippen LogP contribution in [-0.4, -0.2) is 34.7 Å². The van der Waals surface area contributed by atoms with E-state index < -0.39 is 0 Å². The maximum atomic E-state index is 0. The maximum Gasteiger partial charge on any atom is 3.00 e. The van der Waals surface area contributed by atoms with Crippen molar-refractivity contribution in [1.29, 1.82) is 0 Å². The van der Waals surface area contributed by atoms with Gasteiger partial charge in [0.25, 0.3) is 0 Å². The number of hydrogen-bond donors (Lipinski definition) is 0. The van der Waals surface area contributed by atoms with E-state index in [1.807, 2.05) is 0 Å². The smallest absolute Gasteiger partial charge is 2.00 e. The van der Waals surface area contributed by atoms with Crippen molar-refractivity contribution in [3.05, 3.63) is 0 Å². The second-order valence-corrected chi connectivity index (χ2v) is 0. The third-order valence-electron chi connectivity index (χ3n) is 0. The second-order valence-electron chi connectivity index (χ2n) is 0. The van der Waals surface area contributed by atoms with Crippen molar-refractivity contribution in [2.24, 2.45) is 0 Å². The molecule has 0 aliphatic heterocycles. The van der Waals surface area contributed by atoms with Crippen LogP contribution >= 0.6 is 0 Å². The molecule has 9 heavy (non-hydrogen) atoms. The first kappa shape index (κ1) is 143. The summed E-state index contributed by atoms with van der Waals surface area (Å²) >= 11 is 0. The molecule has 0 saturated carbocycles. The third-order valence-corrected chi connectivity index (χ3v) is 0. The normalized spacial score (nSPS) is 0. The Kier molecular flexibility index (Phi) is 1720. The zero-order valence-electron chi connectivity index (χ0n) is 3.86. The molecule has 0 atom stereocenters.